The average Bonchev–Trinajstić information content (AvgIpc) is 2.78. The molecule has 1 aromatic carbocycles. The molecule has 2 aromatic rings. The second kappa shape index (κ2) is 6.54. The van der Waals surface area contributed by atoms with Crippen LogP contribution >= 0.6 is 11.3 Å². The van der Waals surface area contributed by atoms with Gasteiger partial charge in [-0.3, -0.25) is 9.59 Å². The smallest absolute Gasteiger partial charge is 0.266 e. The minimum atomic E-state index is -0.460. The molecule has 1 N–H and O–H groups in total. The number of ketones is 1. The van der Waals surface area contributed by atoms with Crippen molar-refractivity contribution in [2.24, 2.45) is 5.41 Å². The van der Waals surface area contributed by atoms with Gasteiger partial charge < -0.3 is 9.72 Å². The van der Waals surface area contributed by atoms with Crippen LogP contribution in [0.15, 0.2) is 23.0 Å². The molecular formula is C18H21NO3S. The number of Topliss-reactive ketones (excluding diaryl/α,β-unsaturated/α-hetero) is 1. The number of H-pyrrole nitrogens is 1. The summed E-state index contributed by atoms with van der Waals surface area (Å²) in [6.45, 7) is 7.51. The molecule has 1 heterocycles. The monoisotopic (exact) mass is 331 g/mol. The quantitative estimate of drug-likeness (QED) is 0.935. The van der Waals surface area contributed by atoms with Gasteiger partial charge in [-0.2, -0.15) is 0 Å². The van der Waals surface area contributed by atoms with Gasteiger partial charge in [-0.25, -0.2) is 0 Å². The number of methoxy groups -OCH3 is 1. The number of carbonyl (C=O) groups is 1. The highest BCUT2D eigenvalue weighted by Gasteiger charge is 2.18. The third-order valence-electron chi connectivity index (χ3n) is 3.40. The van der Waals surface area contributed by atoms with Crippen LogP contribution in [0.4, 0.5) is 0 Å². The molecule has 5 heteroatoms. The van der Waals surface area contributed by atoms with Gasteiger partial charge >= 0.3 is 0 Å². The normalized spacial score (nSPS) is 13.4. The molecule has 0 bridgehead atoms. The maximum Gasteiger partial charge on any atom is 0.266 e. The lowest BCUT2D eigenvalue weighted by Gasteiger charge is -2.12. The van der Waals surface area contributed by atoms with E-state index in [4.69, 9.17) is 4.74 Å². The summed E-state index contributed by atoms with van der Waals surface area (Å²) in [5, 5.41) is 0. The molecule has 2 rings (SSSR count). The highest BCUT2D eigenvalue weighted by molar-refractivity contribution is 7.07. The SMILES string of the molecule is COc1ccc(/C=c2/s/c(=C/C(=O)C(C)(C)C)[nH]c2=O)cc1C. The molecule has 0 fully saturated rings. The van der Waals surface area contributed by atoms with Crippen LogP contribution < -0.4 is 19.5 Å². The topological polar surface area (TPSA) is 59.2 Å². The number of thiazole rings is 1. The molecule has 4 nitrogen and oxygen atoms in total. The summed E-state index contributed by atoms with van der Waals surface area (Å²) >= 11 is 1.28. The molecule has 0 radical (unpaired) electrons. The number of hydrogen-bond donors (Lipinski definition) is 1. The number of nitrogens with one attached hydrogen (secondary N) is 1. The van der Waals surface area contributed by atoms with Crippen LogP contribution in [0, 0.1) is 12.3 Å². The van der Waals surface area contributed by atoms with E-state index in [9.17, 15) is 9.59 Å². The Morgan fingerprint density at radius 2 is 2.00 bits per heavy atom. The lowest BCUT2D eigenvalue weighted by molar-refractivity contribution is -0.119. The summed E-state index contributed by atoms with van der Waals surface area (Å²) in [6, 6.07) is 5.73. The van der Waals surface area contributed by atoms with Gasteiger partial charge in [0.05, 0.1) is 16.3 Å². The van der Waals surface area contributed by atoms with Crippen molar-refractivity contribution < 1.29 is 9.53 Å². The summed E-state index contributed by atoms with van der Waals surface area (Å²) in [6.07, 6.45) is 3.32. The van der Waals surface area contributed by atoms with Gasteiger partial charge in [0.2, 0.25) is 0 Å². The molecule has 23 heavy (non-hydrogen) atoms. The lowest BCUT2D eigenvalue weighted by atomic mass is 9.91. The van der Waals surface area contributed by atoms with Crippen molar-refractivity contribution in [2.75, 3.05) is 7.11 Å². The van der Waals surface area contributed by atoms with E-state index in [-0.39, 0.29) is 11.3 Å². The Morgan fingerprint density at radius 3 is 2.57 bits per heavy atom. The molecule has 122 valence electrons. The van der Waals surface area contributed by atoms with Crippen LogP contribution in [0.3, 0.4) is 0 Å². The predicted octanol–water partition coefficient (Wildman–Crippen LogP) is 1.98. The van der Waals surface area contributed by atoms with E-state index in [1.165, 1.54) is 17.4 Å². The van der Waals surface area contributed by atoms with Gasteiger partial charge in [-0.1, -0.05) is 26.8 Å². The number of ether oxygens (including phenoxy) is 1. The third kappa shape index (κ3) is 4.20. The van der Waals surface area contributed by atoms with Gasteiger partial charge in [-0.15, -0.1) is 11.3 Å². The fourth-order valence-electron chi connectivity index (χ4n) is 2.00. The zero-order valence-electron chi connectivity index (χ0n) is 14.0. The molecule has 0 saturated heterocycles. The largest absolute Gasteiger partial charge is 0.496 e. The summed E-state index contributed by atoms with van der Waals surface area (Å²) in [5.74, 6) is 0.800. The van der Waals surface area contributed by atoms with Crippen molar-refractivity contribution in [2.45, 2.75) is 27.7 Å². The highest BCUT2D eigenvalue weighted by Crippen LogP contribution is 2.18. The molecule has 0 unspecified atom stereocenters. The summed E-state index contributed by atoms with van der Waals surface area (Å²) in [7, 11) is 1.63. The molecule has 0 atom stereocenters. The fourth-order valence-corrected chi connectivity index (χ4v) is 2.89. The molecule has 0 aliphatic carbocycles. The maximum absolute atomic E-state index is 12.1. The maximum atomic E-state index is 12.1. The minimum Gasteiger partial charge on any atom is -0.496 e. The molecule has 0 spiro atoms. The Hall–Kier alpha value is -2.14. The predicted molar refractivity (Wildman–Crippen MR) is 94.4 cm³/mol. The van der Waals surface area contributed by atoms with Gasteiger partial charge in [0.1, 0.15) is 5.75 Å². The van der Waals surface area contributed by atoms with E-state index < -0.39 is 5.41 Å². The number of aromatic amines is 1. The first-order chi connectivity index (χ1) is 10.7. The highest BCUT2D eigenvalue weighted by atomic mass is 32.1. The number of benzene rings is 1. The first kappa shape index (κ1) is 17.2. The second-order valence-corrected chi connectivity index (χ2v) is 7.50. The van der Waals surface area contributed by atoms with Crippen molar-refractivity contribution >= 4 is 29.3 Å². The van der Waals surface area contributed by atoms with Crippen molar-refractivity contribution in [3.05, 3.63) is 48.9 Å². The lowest BCUT2D eigenvalue weighted by Crippen LogP contribution is -2.22. The average molecular weight is 331 g/mol. The van der Waals surface area contributed by atoms with Crippen LogP contribution in [0.2, 0.25) is 0 Å². The van der Waals surface area contributed by atoms with Gasteiger partial charge in [-0.05, 0) is 36.3 Å². The van der Waals surface area contributed by atoms with Gasteiger partial charge in [0.15, 0.2) is 5.78 Å². The Morgan fingerprint density at radius 1 is 1.30 bits per heavy atom. The third-order valence-corrected chi connectivity index (χ3v) is 4.36. The first-order valence-electron chi connectivity index (χ1n) is 7.32. The van der Waals surface area contributed by atoms with E-state index in [1.54, 1.807) is 7.11 Å². The zero-order valence-corrected chi connectivity index (χ0v) is 14.8. The first-order valence-corrected chi connectivity index (χ1v) is 8.14. The molecule has 0 aliphatic heterocycles. The molecule has 0 amide bonds. The van der Waals surface area contributed by atoms with E-state index in [2.05, 4.69) is 4.98 Å². The number of aromatic nitrogens is 1. The van der Waals surface area contributed by atoms with Crippen molar-refractivity contribution in [1.82, 2.24) is 4.98 Å². The van der Waals surface area contributed by atoms with Gasteiger partial charge in [0, 0.05) is 11.5 Å². The molecule has 0 aliphatic rings. The summed E-state index contributed by atoms with van der Waals surface area (Å²) < 4.78 is 6.38. The van der Waals surface area contributed by atoms with E-state index >= 15 is 0 Å². The van der Waals surface area contributed by atoms with Crippen LogP contribution in [0.25, 0.3) is 12.2 Å². The Balaban J connectivity index is 2.46. The van der Waals surface area contributed by atoms with Crippen LogP contribution in [-0.4, -0.2) is 17.9 Å². The molecular weight excluding hydrogens is 310 g/mol. The van der Waals surface area contributed by atoms with E-state index in [0.717, 1.165) is 16.9 Å². The number of aryl methyl sites for hydroxylation is 1. The van der Waals surface area contributed by atoms with Crippen LogP contribution in [0.1, 0.15) is 31.9 Å². The number of rotatable bonds is 3. The molecule has 1 aromatic heterocycles. The Labute approximate surface area is 139 Å². The summed E-state index contributed by atoms with van der Waals surface area (Å²) in [4.78, 5) is 26.8. The van der Waals surface area contributed by atoms with Crippen molar-refractivity contribution in [3.63, 3.8) is 0 Å². The van der Waals surface area contributed by atoms with E-state index in [0.29, 0.717) is 9.20 Å². The standard InChI is InChI=1S/C18H21NO3S/c1-11-8-12(6-7-13(11)22-5)9-14-17(21)19-16(23-14)10-15(20)18(2,3)4/h6-10H,1-5H3,(H,19,21)/b14-9+,16-10+. The van der Waals surface area contributed by atoms with Crippen LogP contribution in [0.5, 0.6) is 5.75 Å². The number of carbonyl (C=O) groups excluding carboxylic acids is 1. The minimum absolute atomic E-state index is 0.0122. The Kier molecular flexibility index (Phi) is 4.90. The molecule has 0 saturated carbocycles. The van der Waals surface area contributed by atoms with Crippen LogP contribution in [-0.2, 0) is 4.79 Å². The van der Waals surface area contributed by atoms with Crippen molar-refractivity contribution in [3.8, 4) is 5.75 Å². The van der Waals surface area contributed by atoms with Gasteiger partial charge in [0.25, 0.3) is 5.56 Å². The zero-order chi connectivity index (χ0) is 17.2. The van der Waals surface area contributed by atoms with Crippen molar-refractivity contribution in [1.29, 1.82) is 0 Å². The number of hydrogen-bond acceptors (Lipinski definition) is 4. The van der Waals surface area contributed by atoms with E-state index in [1.807, 2.05) is 52.0 Å². The second-order valence-electron chi connectivity index (χ2n) is 6.42. The Bertz CT molecular complexity index is 898. The summed E-state index contributed by atoms with van der Waals surface area (Å²) in [5.41, 5.74) is 1.28. The fraction of sp³-hybridized carbons (Fsp3) is 0.333.